The second kappa shape index (κ2) is 11.4. The van der Waals surface area contributed by atoms with Crippen LogP contribution in [0.25, 0.3) is 0 Å². The highest BCUT2D eigenvalue weighted by Gasteiger charge is 2.28. The van der Waals surface area contributed by atoms with E-state index in [4.69, 9.17) is 23.9 Å². The number of methoxy groups -OCH3 is 3. The Morgan fingerprint density at radius 2 is 1.93 bits per heavy atom. The van der Waals surface area contributed by atoms with Crippen LogP contribution >= 0.6 is 0 Å². The Balaban J connectivity index is 2.22. The van der Waals surface area contributed by atoms with Crippen molar-refractivity contribution >= 4 is 11.9 Å². The lowest BCUT2D eigenvalue weighted by Gasteiger charge is -2.34. The predicted molar refractivity (Wildman–Crippen MR) is 112 cm³/mol. The number of piperidine rings is 1. The van der Waals surface area contributed by atoms with Gasteiger partial charge in [-0.05, 0) is 38.8 Å². The number of benzene rings is 1. The molecule has 0 aliphatic carbocycles. The fraction of sp³-hybridized carbons (Fsp3) is 0.619. The molecule has 0 saturated carbocycles. The van der Waals surface area contributed by atoms with Crippen LogP contribution in [0.4, 0.5) is 0 Å². The summed E-state index contributed by atoms with van der Waals surface area (Å²) in [5, 5.41) is 3.33. The number of carbonyl (C=O) groups excluding carboxylic acids is 1. The summed E-state index contributed by atoms with van der Waals surface area (Å²) in [5.74, 6) is 2.29. The number of ether oxygens (including phenoxy) is 4. The number of nitrogens with one attached hydrogen (secondary N) is 1. The van der Waals surface area contributed by atoms with Gasteiger partial charge in [0.25, 0.3) is 0 Å². The SMILES string of the molecule is CCNC(=NCc1ccc(OC)c(OC)c1OC)N1CCCC(C(=O)OCC)C1. The Bertz CT molecular complexity index is 708. The van der Waals surface area contributed by atoms with Gasteiger partial charge in [-0.15, -0.1) is 0 Å². The summed E-state index contributed by atoms with van der Waals surface area (Å²) >= 11 is 0. The molecule has 1 fully saturated rings. The second-order valence-electron chi connectivity index (χ2n) is 6.70. The first-order chi connectivity index (χ1) is 14.1. The quantitative estimate of drug-likeness (QED) is 0.403. The number of aliphatic imine (C=N–C) groups is 1. The van der Waals surface area contributed by atoms with Gasteiger partial charge >= 0.3 is 5.97 Å². The maximum absolute atomic E-state index is 12.2. The molecule has 1 aliphatic heterocycles. The minimum atomic E-state index is -0.130. The maximum Gasteiger partial charge on any atom is 0.310 e. The zero-order chi connectivity index (χ0) is 21.2. The van der Waals surface area contributed by atoms with E-state index in [0.717, 1.165) is 37.5 Å². The van der Waals surface area contributed by atoms with Crippen LogP contribution in [-0.2, 0) is 16.1 Å². The van der Waals surface area contributed by atoms with Crippen molar-refractivity contribution in [3.63, 3.8) is 0 Å². The molecule has 29 heavy (non-hydrogen) atoms. The molecule has 8 nitrogen and oxygen atoms in total. The van der Waals surface area contributed by atoms with Crippen LogP contribution in [0.5, 0.6) is 17.2 Å². The van der Waals surface area contributed by atoms with Crippen LogP contribution < -0.4 is 19.5 Å². The molecule has 162 valence electrons. The molecule has 0 spiro atoms. The van der Waals surface area contributed by atoms with Crippen molar-refractivity contribution in [2.24, 2.45) is 10.9 Å². The van der Waals surface area contributed by atoms with Crippen molar-refractivity contribution in [3.8, 4) is 17.2 Å². The van der Waals surface area contributed by atoms with Crippen molar-refractivity contribution in [1.82, 2.24) is 10.2 Å². The van der Waals surface area contributed by atoms with Crippen molar-refractivity contribution in [2.75, 3.05) is 47.6 Å². The van der Waals surface area contributed by atoms with Gasteiger partial charge in [-0.3, -0.25) is 4.79 Å². The minimum Gasteiger partial charge on any atom is -0.493 e. The highest BCUT2D eigenvalue weighted by molar-refractivity contribution is 5.81. The molecule has 1 saturated heterocycles. The first-order valence-electron chi connectivity index (χ1n) is 10.1. The Hall–Kier alpha value is -2.64. The van der Waals surface area contributed by atoms with Crippen LogP contribution in [0.2, 0.25) is 0 Å². The van der Waals surface area contributed by atoms with Crippen molar-refractivity contribution in [2.45, 2.75) is 33.2 Å². The number of esters is 1. The fourth-order valence-electron chi connectivity index (χ4n) is 3.50. The summed E-state index contributed by atoms with van der Waals surface area (Å²) in [6, 6.07) is 3.77. The molecule has 2 rings (SSSR count). The largest absolute Gasteiger partial charge is 0.493 e. The number of rotatable bonds is 8. The third kappa shape index (κ3) is 5.68. The first-order valence-corrected chi connectivity index (χ1v) is 10.1. The molecule has 1 heterocycles. The number of likely N-dealkylation sites (tertiary alicyclic amines) is 1. The van der Waals surface area contributed by atoms with Gasteiger partial charge in [0.2, 0.25) is 5.75 Å². The molecular formula is C21H33N3O5. The van der Waals surface area contributed by atoms with E-state index >= 15 is 0 Å². The monoisotopic (exact) mass is 407 g/mol. The van der Waals surface area contributed by atoms with Gasteiger partial charge in [0, 0.05) is 25.2 Å². The summed E-state index contributed by atoms with van der Waals surface area (Å²) in [6.45, 7) is 6.87. The van der Waals surface area contributed by atoms with Crippen LogP contribution in [0, 0.1) is 5.92 Å². The Morgan fingerprint density at radius 1 is 1.17 bits per heavy atom. The molecule has 0 amide bonds. The average molecular weight is 408 g/mol. The number of guanidine groups is 1. The van der Waals surface area contributed by atoms with Crippen LogP contribution in [0.3, 0.4) is 0 Å². The number of hydrogen-bond donors (Lipinski definition) is 1. The summed E-state index contributed by atoms with van der Waals surface area (Å²) in [4.78, 5) is 19.1. The van der Waals surface area contributed by atoms with Crippen LogP contribution in [-0.4, -0.2) is 64.4 Å². The molecule has 1 aromatic carbocycles. The Morgan fingerprint density at radius 3 is 2.55 bits per heavy atom. The Labute approximate surface area is 173 Å². The molecule has 0 radical (unpaired) electrons. The fourth-order valence-corrected chi connectivity index (χ4v) is 3.50. The van der Waals surface area contributed by atoms with Crippen LogP contribution in [0.1, 0.15) is 32.3 Å². The molecule has 1 unspecified atom stereocenters. The smallest absolute Gasteiger partial charge is 0.310 e. The first kappa shape index (κ1) is 22.6. The van der Waals surface area contributed by atoms with E-state index in [1.807, 2.05) is 26.0 Å². The lowest BCUT2D eigenvalue weighted by atomic mass is 9.98. The van der Waals surface area contributed by atoms with E-state index in [2.05, 4.69) is 10.2 Å². The van der Waals surface area contributed by atoms with E-state index in [0.29, 0.717) is 36.9 Å². The highest BCUT2D eigenvalue weighted by Crippen LogP contribution is 2.40. The summed E-state index contributed by atoms with van der Waals surface area (Å²) < 4.78 is 21.6. The van der Waals surface area contributed by atoms with Gasteiger partial charge < -0.3 is 29.2 Å². The molecule has 1 aromatic rings. The Kier molecular flexibility index (Phi) is 8.89. The lowest BCUT2D eigenvalue weighted by molar-refractivity contribution is -0.149. The molecular weight excluding hydrogens is 374 g/mol. The van der Waals surface area contributed by atoms with Crippen LogP contribution in [0.15, 0.2) is 17.1 Å². The highest BCUT2D eigenvalue weighted by atomic mass is 16.5. The zero-order valence-electron chi connectivity index (χ0n) is 18.1. The second-order valence-corrected chi connectivity index (χ2v) is 6.70. The standard InChI is InChI=1S/C21H33N3O5/c1-6-22-21(24-12-8-9-16(14-24)20(25)29-7-2)23-13-15-10-11-17(26-3)19(28-5)18(15)27-4/h10-11,16H,6-9,12-14H2,1-5H3,(H,22,23). The van der Waals surface area contributed by atoms with Gasteiger partial charge in [0.05, 0.1) is 40.4 Å². The molecule has 1 aliphatic rings. The van der Waals surface area contributed by atoms with E-state index < -0.39 is 0 Å². The molecule has 0 bridgehead atoms. The number of carbonyl (C=O) groups is 1. The van der Waals surface area contributed by atoms with E-state index in [1.165, 1.54) is 0 Å². The number of nitrogens with zero attached hydrogens (tertiary/aromatic N) is 2. The van der Waals surface area contributed by atoms with Gasteiger partial charge in [-0.2, -0.15) is 0 Å². The molecule has 1 N–H and O–H groups in total. The third-order valence-electron chi connectivity index (χ3n) is 4.86. The summed E-state index contributed by atoms with van der Waals surface area (Å²) in [6.07, 6.45) is 1.77. The van der Waals surface area contributed by atoms with E-state index in [1.54, 1.807) is 21.3 Å². The van der Waals surface area contributed by atoms with Gasteiger partial charge in [0.15, 0.2) is 17.5 Å². The van der Waals surface area contributed by atoms with E-state index in [-0.39, 0.29) is 11.9 Å². The topological polar surface area (TPSA) is 81.6 Å². The normalized spacial score (nSPS) is 16.9. The van der Waals surface area contributed by atoms with E-state index in [9.17, 15) is 4.79 Å². The summed E-state index contributed by atoms with van der Waals surface area (Å²) in [5.41, 5.74) is 0.888. The summed E-state index contributed by atoms with van der Waals surface area (Å²) in [7, 11) is 4.78. The van der Waals surface area contributed by atoms with Gasteiger partial charge in [-0.25, -0.2) is 4.99 Å². The van der Waals surface area contributed by atoms with Gasteiger partial charge in [-0.1, -0.05) is 0 Å². The van der Waals surface area contributed by atoms with Crippen molar-refractivity contribution < 1.29 is 23.7 Å². The lowest BCUT2D eigenvalue weighted by Crippen LogP contribution is -2.48. The zero-order valence-corrected chi connectivity index (χ0v) is 18.1. The average Bonchev–Trinajstić information content (AvgIpc) is 2.76. The van der Waals surface area contributed by atoms with Crippen molar-refractivity contribution in [3.05, 3.63) is 17.7 Å². The minimum absolute atomic E-state index is 0.122. The molecule has 8 heteroatoms. The molecule has 1 atom stereocenters. The van der Waals surface area contributed by atoms with Crippen molar-refractivity contribution in [1.29, 1.82) is 0 Å². The predicted octanol–water partition coefficient (Wildman–Crippen LogP) is 2.45. The number of hydrogen-bond acceptors (Lipinski definition) is 6. The van der Waals surface area contributed by atoms with Gasteiger partial charge in [0.1, 0.15) is 0 Å². The molecule has 0 aromatic heterocycles. The third-order valence-corrected chi connectivity index (χ3v) is 4.86. The maximum atomic E-state index is 12.2.